The molecule has 0 fully saturated rings. The number of hydrogen-bond donors (Lipinski definition) is 1. The molecule has 92 valence electrons. The van der Waals surface area contributed by atoms with Crippen LogP contribution in [0.5, 0.6) is 0 Å². The van der Waals surface area contributed by atoms with E-state index in [1.165, 1.54) is 0 Å². The normalized spacial score (nSPS) is 12.8. The van der Waals surface area contributed by atoms with Crippen molar-refractivity contribution >= 4 is 11.3 Å². The number of rotatable bonds is 6. The molecular weight excluding hydrogens is 232 g/mol. The lowest BCUT2D eigenvalue weighted by molar-refractivity contribution is 0.439. The summed E-state index contributed by atoms with van der Waals surface area (Å²) in [6, 6.07) is 0. The van der Waals surface area contributed by atoms with Crippen molar-refractivity contribution < 1.29 is 0 Å². The zero-order valence-electron chi connectivity index (χ0n) is 10.3. The van der Waals surface area contributed by atoms with Crippen molar-refractivity contribution in [1.82, 2.24) is 19.9 Å². The third-order valence-corrected chi connectivity index (χ3v) is 3.35. The topological polar surface area (TPSA) is 42.7 Å². The number of imidazole rings is 1. The summed E-state index contributed by atoms with van der Waals surface area (Å²) in [5.74, 6) is 1.66. The molecule has 0 aliphatic carbocycles. The van der Waals surface area contributed by atoms with Gasteiger partial charge in [0.25, 0.3) is 0 Å². The van der Waals surface area contributed by atoms with Crippen LogP contribution in [-0.2, 0) is 13.1 Å². The van der Waals surface area contributed by atoms with Crippen LogP contribution >= 0.6 is 11.3 Å². The Morgan fingerprint density at radius 2 is 2.35 bits per heavy atom. The minimum Gasteiger partial charge on any atom is -0.335 e. The van der Waals surface area contributed by atoms with Crippen LogP contribution in [-0.4, -0.2) is 21.1 Å². The van der Waals surface area contributed by atoms with Crippen molar-refractivity contribution in [2.24, 2.45) is 5.92 Å². The van der Waals surface area contributed by atoms with Gasteiger partial charge in [0.2, 0.25) is 0 Å². The first-order valence-corrected chi connectivity index (χ1v) is 6.75. The summed E-state index contributed by atoms with van der Waals surface area (Å²) in [6.07, 6.45) is 3.89. The summed E-state index contributed by atoms with van der Waals surface area (Å²) in [5, 5.41) is 5.51. The summed E-state index contributed by atoms with van der Waals surface area (Å²) < 4.78 is 2.19. The van der Waals surface area contributed by atoms with Crippen LogP contribution in [0.2, 0.25) is 0 Å². The Bertz CT molecular complexity index is 435. The molecule has 0 saturated heterocycles. The molecule has 1 unspecified atom stereocenters. The highest BCUT2D eigenvalue weighted by molar-refractivity contribution is 7.07. The smallest absolute Gasteiger partial charge is 0.105 e. The highest BCUT2D eigenvalue weighted by Crippen LogP contribution is 2.04. The standard InChI is InChI=1S/C12H18N4S/c1-10(7-16-4-3-14-11(16)2)5-13-6-12-8-17-9-15-12/h3-4,8-10,13H,5-7H2,1-2H3. The van der Waals surface area contributed by atoms with Gasteiger partial charge >= 0.3 is 0 Å². The molecule has 1 atom stereocenters. The SMILES string of the molecule is Cc1nccn1CC(C)CNCc1cscn1. The zero-order valence-corrected chi connectivity index (χ0v) is 11.1. The molecule has 0 spiro atoms. The van der Waals surface area contributed by atoms with Gasteiger partial charge in [-0.05, 0) is 19.4 Å². The molecular formula is C12H18N4S. The number of nitrogens with one attached hydrogen (secondary N) is 1. The van der Waals surface area contributed by atoms with Gasteiger partial charge < -0.3 is 9.88 Å². The molecule has 2 aromatic rings. The molecule has 0 amide bonds. The molecule has 4 nitrogen and oxygen atoms in total. The fourth-order valence-electron chi connectivity index (χ4n) is 1.77. The monoisotopic (exact) mass is 250 g/mol. The van der Waals surface area contributed by atoms with Crippen molar-refractivity contribution in [2.75, 3.05) is 6.54 Å². The lowest BCUT2D eigenvalue weighted by Crippen LogP contribution is -2.24. The third-order valence-electron chi connectivity index (χ3n) is 2.71. The second kappa shape index (κ2) is 5.93. The van der Waals surface area contributed by atoms with E-state index in [0.29, 0.717) is 5.92 Å². The van der Waals surface area contributed by atoms with Gasteiger partial charge in [-0.15, -0.1) is 11.3 Å². The van der Waals surface area contributed by atoms with E-state index in [1.807, 2.05) is 24.8 Å². The minimum absolute atomic E-state index is 0.585. The molecule has 5 heteroatoms. The highest BCUT2D eigenvalue weighted by atomic mass is 32.1. The van der Waals surface area contributed by atoms with Crippen LogP contribution in [0, 0.1) is 12.8 Å². The van der Waals surface area contributed by atoms with E-state index in [-0.39, 0.29) is 0 Å². The van der Waals surface area contributed by atoms with E-state index in [2.05, 4.69) is 32.2 Å². The van der Waals surface area contributed by atoms with Gasteiger partial charge in [-0.25, -0.2) is 9.97 Å². The maximum Gasteiger partial charge on any atom is 0.105 e. The Morgan fingerprint density at radius 1 is 1.47 bits per heavy atom. The first-order chi connectivity index (χ1) is 8.25. The molecule has 0 bridgehead atoms. The van der Waals surface area contributed by atoms with Crippen molar-refractivity contribution in [3.63, 3.8) is 0 Å². The van der Waals surface area contributed by atoms with Gasteiger partial charge in [0.1, 0.15) is 5.82 Å². The molecule has 2 aromatic heterocycles. The lowest BCUT2D eigenvalue weighted by atomic mass is 10.2. The molecule has 0 aliphatic heterocycles. The molecule has 1 N–H and O–H groups in total. The van der Waals surface area contributed by atoms with Crippen molar-refractivity contribution in [1.29, 1.82) is 0 Å². The first kappa shape index (κ1) is 12.3. The zero-order chi connectivity index (χ0) is 12.1. The predicted molar refractivity (Wildman–Crippen MR) is 69.9 cm³/mol. The van der Waals surface area contributed by atoms with Crippen molar-refractivity contribution in [2.45, 2.75) is 26.9 Å². The molecule has 2 heterocycles. The van der Waals surface area contributed by atoms with E-state index in [1.54, 1.807) is 11.3 Å². The second-order valence-corrected chi connectivity index (χ2v) is 5.06. The second-order valence-electron chi connectivity index (χ2n) is 4.34. The van der Waals surface area contributed by atoms with Crippen LogP contribution in [0.25, 0.3) is 0 Å². The van der Waals surface area contributed by atoms with Crippen LogP contribution in [0.15, 0.2) is 23.3 Å². The van der Waals surface area contributed by atoms with Gasteiger partial charge in [0, 0.05) is 30.9 Å². The molecule has 0 saturated carbocycles. The summed E-state index contributed by atoms with van der Waals surface area (Å²) in [5.41, 5.74) is 3.00. The molecule has 17 heavy (non-hydrogen) atoms. The van der Waals surface area contributed by atoms with Crippen LogP contribution in [0.3, 0.4) is 0 Å². The Hall–Kier alpha value is -1.20. The summed E-state index contributed by atoms with van der Waals surface area (Å²) in [6.45, 7) is 7.14. The summed E-state index contributed by atoms with van der Waals surface area (Å²) in [7, 11) is 0. The van der Waals surface area contributed by atoms with E-state index in [0.717, 1.165) is 31.2 Å². The fraction of sp³-hybridized carbons (Fsp3) is 0.500. The fourth-order valence-corrected chi connectivity index (χ4v) is 2.33. The number of aryl methyl sites for hydroxylation is 1. The van der Waals surface area contributed by atoms with E-state index < -0.39 is 0 Å². The Kier molecular flexibility index (Phi) is 4.28. The quantitative estimate of drug-likeness (QED) is 0.853. The summed E-state index contributed by atoms with van der Waals surface area (Å²) in [4.78, 5) is 8.47. The average Bonchev–Trinajstić information content (AvgIpc) is 2.92. The maximum absolute atomic E-state index is 4.24. The number of thiazole rings is 1. The molecule has 2 rings (SSSR count). The molecule has 0 aliphatic rings. The largest absolute Gasteiger partial charge is 0.335 e. The van der Waals surface area contributed by atoms with Crippen molar-refractivity contribution in [3.8, 4) is 0 Å². The van der Waals surface area contributed by atoms with Crippen molar-refractivity contribution in [3.05, 3.63) is 34.8 Å². The van der Waals surface area contributed by atoms with Gasteiger partial charge in [-0.2, -0.15) is 0 Å². The number of nitrogens with zero attached hydrogens (tertiary/aromatic N) is 3. The Morgan fingerprint density at radius 3 is 3.00 bits per heavy atom. The third kappa shape index (κ3) is 3.64. The Balaban J connectivity index is 1.71. The molecule has 0 aromatic carbocycles. The van der Waals surface area contributed by atoms with Gasteiger partial charge in [0.05, 0.1) is 11.2 Å². The highest BCUT2D eigenvalue weighted by Gasteiger charge is 2.05. The lowest BCUT2D eigenvalue weighted by Gasteiger charge is -2.13. The molecule has 0 radical (unpaired) electrons. The number of hydrogen-bond acceptors (Lipinski definition) is 4. The van der Waals surface area contributed by atoms with Gasteiger partial charge in [-0.1, -0.05) is 6.92 Å². The first-order valence-electron chi connectivity index (χ1n) is 5.81. The van der Waals surface area contributed by atoms with E-state index in [9.17, 15) is 0 Å². The van der Waals surface area contributed by atoms with Crippen LogP contribution in [0.1, 0.15) is 18.4 Å². The van der Waals surface area contributed by atoms with E-state index in [4.69, 9.17) is 0 Å². The van der Waals surface area contributed by atoms with Gasteiger partial charge in [0.15, 0.2) is 0 Å². The van der Waals surface area contributed by atoms with Crippen LogP contribution < -0.4 is 5.32 Å². The number of aromatic nitrogens is 3. The average molecular weight is 250 g/mol. The summed E-state index contributed by atoms with van der Waals surface area (Å²) >= 11 is 1.64. The predicted octanol–water partition coefficient (Wildman–Crippen LogP) is 2.07. The van der Waals surface area contributed by atoms with E-state index >= 15 is 0 Å². The minimum atomic E-state index is 0.585. The van der Waals surface area contributed by atoms with Crippen LogP contribution in [0.4, 0.5) is 0 Å². The maximum atomic E-state index is 4.24. The van der Waals surface area contributed by atoms with Gasteiger partial charge in [-0.3, -0.25) is 0 Å². The Labute approximate surface area is 106 Å².